The summed E-state index contributed by atoms with van der Waals surface area (Å²) in [6.07, 6.45) is 1.75. The van der Waals surface area contributed by atoms with Crippen molar-refractivity contribution in [3.63, 3.8) is 0 Å². The molecule has 0 aliphatic heterocycles. The second-order valence-electron chi connectivity index (χ2n) is 2.37. The van der Waals surface area contributed by atoms with E-state index in [2.05, 4.69) is 23.9 Å². The molecule has 0 unspecified atom stereocenters. The zero-order valence-corrected chi connectivity index (χ0v) is 6.00. The van der Waals surface area contributed by atoms with E-state index in [9.17, 15) is 0 Å². The minimum absolute atomic E-state index is 0.422. The molecule has 0 amide bonds. The van der Waals surface area contributed by atoms with Crippen molar-refractivity contribution in [1.82, 2.24) is 14.8 Å². The van der Waals surface area contributed by atoms with E-state index in [1.807, 2.05) is 11.6 Å². The van der Waals surface area contributed by atoms with Gasteiger partial charge in [0.25, 0.3) is 0 Å². The van der Waals surface area contributed by atoms with Gasteiger partial charge >= 0.3 is 0 Å². The fourth-order valence-electron chi connectivity index (χ4n) is 0.610. The van der Waals surface area contributed by atoms with Crippen LogP contribution in [0.1, 0.15) is 25.7 Å². The Morgan fingerprint density at radius 3 is 2.44 bits per heavy atom. The van der Waals surface area contributed by atoms with Gasteiger partial charge in [0, 0.05) is 6.04 Å². The zero-order chi connectivity index (χ0) is 6.85. The Morgan fingerprint density at radius 1 is 1.56 bits per heavy atom. The van der Waals surface area contributed by atoms with E-state index in [0.717, 1.165) is 5.82 Å². The van der Waals surface area contributed by atoms with Crippen LogP contribution >= 0.6 is 0 Å². The first-order valence-corrected chi connectivity index (χ1v) is 3.08. The maximum absolute atomic E-state index is 4.12. The van der Waals surface area contributed by atoms with E-state index < -0.39 is 0 Å². The Morgan fingerprint density at radius 2 is 2.22 bits per heavy atom. The molecule has 0 bridgehead atoms. The highest BCUT2D eigenvalue weighted by atomic mass is 15.3. The predicted octanol–water partition coefficient (Wildman–Crippen LogP) is 1.17. The smallest absolute Gasteiger partial charge is 0.147 e. The second-order valence-corrected chi connectivity index (χ2v) is 2.37. The lowest BCUT2D eigenvalue weighted by atomic mass is 10.4. The van der Waals surface area contributed by atoms with Gasteiger partial charge in [-0.05, 0) is 20.8 Å². The van der Waals surface area contributed by atoms with E-state index in [0.29, 0.717) is 6.04 Å². The van der Waals surface area contributed by atoms with Crippen molar-refractivity contribution in [2.24, 2.45) is 0 Å². The Labute approximate surface area is 54.7 Å². The summed E-state index contributed by atoms with van der Waals surface area (Å²) < 4.78 is 1.84. The molecule has 0 aliphatic rings. The van der Waals surface area contributed by atoms with Gasteiger partial charge in [-0.3, -0.25) is 4.68 Å². The van der Waals surface area contributed by atoms with Crippen LogP contribution in [0.15, 0.2) is 6.33 Å². The molecule has 0 radical (unpaired) electrons. The number of hydrogen-bond donors (Lipinski definition) is 0. The Bertz CT molecular complexity index is 190. The minimum Gasteiger partial charge on any atom is -0.250 e. The van der Waals surface area contributed by atoms with E-state index in [4.69, 9.17) is 0 Å². The highest BCUT2D eigenvalue weighted by Crippen LogP contribution is 1.99. The molecule has 0 aromatic carbocycles. The van der Waals surface area contributed by atoms with Crippen LogP contribution in [0.2, 0.25) is 0 Å². The first-order valence-electron chi connectivity index (χ1n) is 3.08. The Balaban J connectivity index is 2.85. The fourth-order valence-corrected chi connectivity index (χ4v) is 0.610. The van der Waals surface area contributed by atoms with Crippen LogP contribution < -0.4 is 0 Å². The molecule has 9 heavy (non-hydrogen) atoms. The average Bonchev–Trinajstić information content (AvgIpc) is 2.14. The highest BCUT2D eigenvalue weighted by molar-refractivity contribution is 4.75. The van der Waals surface area contributed by atoms with Crippen LogP contribution in [-0.2, 0) is 0 Å². The van der Waals surface area contributed by atoms with Crippen molar-refractivity contribution < 1.29 is 0 Å². The van der Waals surface area contributed by atoms with Gasteiger partial charge < -0.3 is 0 Å². The fraction of sp³-hybridized carbons (Fsp3) is 0.667. The number of hydrogen-bond acceptors (Lipinski definition) is 2. The summed E-state index contributed by atoms with van der Waals surface area (Å²) in [6, 6.07) is 0.422. The van der Waals surface area contributed by atoms with Crippen molar-refractivity contribution in [2.75, 3.05) is 0 Å². The van der Waals surface area contributed by atoms with Gasteiger partial charge in [-0.15, -0.1) is 0 Å². The van der Waals surface area contributed by atoms with Gasteiger partial charge in [0.1, 0.15) is 12.2 Å². The van der Waals surface area contributed by atoms with Crippen molar-refractivity contribution in [2.45, 2.75) is 26.8 Å². The van der Waals surface area contributed by atoms with Crippen LogP contribution in [0, 0.1) is 6.92 Å². The lowest BCUT2D eigenvalue weighted by Gasteiger charge is -2.00. The molecule has 0 spiro atoms. The normalized spacial score (nSPS) is 10.7. The molecule has 1 rings (SSSR count). The molecular formula is C6H11N3. The van der Waals surface area contributed by atoms with Crippen LogP contribution in [0.25, 0.3) is 0 Å². The molecule has 0 N–H and O–H groups in total. The maximum atomic E-state index is 4.12. The van der Waals surface area contributed by atoms with Gasteiger partial charge in [-0.2, -0.15) is 5.10 Å². The maximum Gasteiger partial charge on any atom is 0.147 e. The van der Waals surface area contributed by atoms with Gasteiger partial charge in [0.05, 0.1) is 0 Å². The van der Waals surface area contributed by atoms with Gasteiger partial charge in [-0.1, -0.05) is 0 Å². The molecule has 3 nitrogen and oxygen atoms in total. The average molecular weight is 125 g/mol. The van der Waals surface area contributed by atoms with Crippen LogP contribution in [0.3, 0.4) is 0 Å². The van der Waals surface area contributed by atoms with Crippen LogP contribution in [0.5, 0.6) is 0 Å². The van der Waals surface area contributed by atoms with E-state index in [-0.39, 0.29) is 0 Å². The molecule has 1 aromatic heterocycles. The SMILES string of the molecule is Cc1ncn(C(C)C)n1. The molecule has 0 aliphatic carbocycles. The summed E-state index contributed by atoms with van der Waals surface area (Å²) in [7, 11) is 0. The Kier molecular flexibility index (Phi) is 1.51. The van der Waals surface area contributed by atoms with Gasteiger partial charge in [0.15, 0.2) is 0 Å². The molecular weight excluding hydrogens is 114 g/mol. The summed E-state index contributed by atoms with van der Waals surface area (Å²) in [5.41, 5.74) is 0. The quantitative estimate of drug-likeness (QED) is 0.564. The van der Waals surface area contributed by atoms with Gasteiger partial charge in [-0.25, -0.2) is 4.98 Å². The van der Waals surface area contributed by atoms with Crippen molar-refractivity contribution in [3.05, 3.63) is 12.2 Å². The summed E-state index contributed by atoms with van der Waals surface area (Å²) in [5, 5.41) is 4.12. The zero-order valence-electron chi connectivity index (χ0n) is 6.00. The highest BCUT2D eigenvalue weighted by Gasteiger charge is 1.96. The summed E-state index contributed by atoms with van der Waals surface area (Å²) in [4.78, 5) is 3.99. The Hall–Kier alpha value is -0.860. The molecule has 0 saturated heterocycles. The van der Waals surface area contributed by atoms with Gasteiger partial charge in [0.2, 0.25) is 0 Å². The lowest BCUT2D eigenvalue weighted by Crippen LogP contribution is -2.00. The molecule has 0 fully saturated rings. The number of aromatic nitrogens is 3. The third kappa shape index (κ3) is 1.28. The van der Waals surface area contributed by atoms with Crippen LogP contribution in [-0.4, -0.2) is 14.8 Å². The minimum atomic E-state index is 0.422. The number of nitrogens with zero attached hydrogens (tertiary/aromatic N) is 3. The largest absolute Gasteiger partial charge is 0.250 e. The van der Waals surface area contributed by atoms with Crippen LogP contribution in [0.4, 0.5) is 0 Å². The second kappa shape index (κ2) is 2.17. The molecule has 3 heteroatoms. The van der Waals surface area contributed by atoms with E-state index in [1.165, 1.54) is 0 Å². The van der Waals surface area contributed by atoms with Crippen molar-refractivity contribution in [1.29, 1.82) is 0 Å². The number of rotatable bonds is 1. The third-order valence-electron chi connectivity index (χ3n) is 1.15. The molecule has 1 aromatic rings. The third-order valence-corrected chi connectivity index (χ3v) is 1.15. The molecule has 1 heterocycles. The van der Waals surface area contributed by atoms with E-state index in [1.54, 1.807) is 6.33 Å². The lowest BCUT2D eigenvalue weighted by molar-refractivity contribution is 0.528. The van der Waals surface area contributed by atoms with Crippen molar-refractivity contribution in [3.8, 4) is 0 Å². The summed E-state index contributed by atoms with van der Waals surface area (Å²) in [5.74, 6) is 0.837. The molecule has 0 saturated carbocycles. The standard InChI is InChI=1S/C6H11N3/c1-5(2)9-4-7-6(3)8-9/h4-5H,1-3H3. The topological polar surface area (TPSA) is 30.7 Å². The first-order chi connectivity index (χ1) is 4.20. The van der Waals surface area contributed by atoms with E-state index >= 15 is 0 Å². The predicted molar refractivity (Wildman–Crippen MR) is 35.1 cm³/mol. The molecule has 0 atom stereocenters. The number of aryl methyl sites for hydroxylation is 1. The molecule has 50 valence electrons. The summed E-state index contributed by atoms with van der Waals surface area (Å²) >= 11 is 0. The van der Waals surface area contributed by atoms with Crippen molar-refractivity contribution >= 4 is 0 Å². The summed E-state index contributed by atoms with van der Waals surface area (Å²) in [6.45, 7) is 6.04. The monoisotopic (exact) mass is 125 g/mol. The first kappa shape index (κ1) is 6.26.